The van der Waals surface area contributed by atoms with Crippen molar-refractivity contribution in [3.63, 3.8) is 0 Å². The largest absolute Gasteiger partial charge is 0.362 e. The lowest BCUT2D eigenvalue weighted by molar-refractivity contribution is 0.380. The number of thiocarbonyl (C=S) groups is 1. The number of benzene rings is 2. The number of piperazine rings is 1. The van der Waals surface area contributed by atoms with Crippen LogP contribution >= 0.6 is 35.2 Å². The molecule has 150 valence electrons. The molecule has 0 radical (unpaired) electrons. The minimum absolute atomic E-state index is 0.744. The molecule has 0 saturated carbocycles. The van der Waals surface area contributed by atoms with Crippen LogP contribution in [-0.4, -0.2) is 47.7 Å². The normalized spacial score (nSPS) is 14.1. The van der Waals surface area contributed by atoms with E-state index in [1.807, 2.05) is 30.3 Å². The summed E-state index contributed by atoms with van der Waals surface area (Å²) in [5.41, 5.74) is 3.43. The van der Waals surface area contributed by atoms with Gasteiger partial charge in [-0.1, -0.05) is 54.1 Å². The van der Waals surface area contributed by atoms with Crippen molar-refractivity contribution in [1.82, 2.24) is 15.2 Å². The van der Waals surface area contributed by atoms with Crippen molar-refractivity contribution in [2.24, 2.45) is 0 Å². The average molecular weight is 443 g/mol. The Balaban J connectivity index is 1.26. The number of thiazole rings is 1. The van der Waals surface area contributed by atoms with Gasteiger partial charge in [0, 0.05) is 48.7 Å². The van der Waals surface area contributed by atoms with E-state index in [1.165, 1.54) is 5.56 Å². The molecule has 1 fully saturated rings. The highest BCUT2D eigenvalue weighted by Crippen LogP contribution is 2.28. The number of hydrogen-bond donors (Lipinski definition) is 1. The van der Waals surface area contributed by atoms with E-state index in [0.717, 1.165) is 65.7 Å². The lowest BCUT2D eigenvalue weighted by atomic mass is 10.1. The van der Waals surface area contributed by atoms with E-state index in [2.05, 4.69) is 44.8 Å². The molecule has 7 heteroatoms. The topological polar surface area (TPSA) is 31.4 Å². The van der Waals surface area contributed by atoms with Crippen LogP contribution in [0.3, 0.4) is 0 Å². The maximum Gasteiger partial charge on any atom is 0.185 e. The second-order valence-corrected chi connectivity index (χ2v) is 8.62. The maximum absolute atomic E-state index is 5.98. The Morgan fingerprint density at radius 2 is 1.76 bits per heavy atom. The highest BCUT2D eigenvalue weighted by atomic mass is 35.5. The van der Waals surface area contributed by atoms with Crippen LogP contribution in [0.5, 0.6) is 0 Å². The molecule has 3 aromatic rings. The van der Waals surface area contributed by atoms with Crippen LogP contribution in [0, 0.1) is 0 Å². The smallest absolute Gasteiger partial charge is 0.185 e. The number of nitrogens with zero attached hydrogens (tertiary/aromatic N) is 3. The van der Waals surface area contributed by atoms with Crippen molar-refractivity contribution in [3.8, 4) is 11.3 Å². The zero-order valence-electron chi connectivity index (χ0n) is 16.1. The van der Waals surface area contributed by atoms with Crippen LogP contribution < -0.4 is 10.2 Å². The predicted octanol–water partition coefficient (Wildman–Crippen LogP) is 4.70. The molecular weight excluding hydrogens is 420 g/mol. The SMILES string of the molecule is S=C(NCCc1ccccc1)N1CCN(c2nc(-c3ccc(Cl)cc3)cs2)CC1. The van der Waals surface area contributed by atoms with Crippen molar-refractivity contribution in [3.05, 3.63) is 70.6 Å². The maximum atomic E-state index is 5.98. The molecular formula is C22H23ClN4S2. The first-order valence-electron chi connectivity index (χ1n) is 9.72. The van der Waals surface area contributed by atoms with Gasteiger partial charge >= 0.3 is 0 Å². The van der Waals surface area contributed by atoms with Gasteiger partial charge in [0.05, 0.1) is 5.69 Å². The highest BCUT2D eigenvalue weighted by Gasteiger charge is 2.21. The lowest BCUT2D eigenvalue weighted by Gasteiger charge is -2.36. The Morgan fingerprint density at radius 1 is 1.03 bits per heavy atom. The summed E-state index contributed by atoms with van der Waals surface area (Å²) in [5, 5.41) is 8.17. The van der Waals surface area contributed by atoms with Gasteiger partial charge in [-0.3, -0.25) is 0 Å². The van der Waals surface area contributed by atoms with E-state index in [1.54, 1.807) is 11.3 Å². The van der Waals surface area contributed by atoms with Gasteiger partial charge in [-0.05, 0) is 36.3 Å². The van der Waals surface area contributed by atoms with Crippen LogP contribution in [0.1, 0.15) is 5.56 Å². The molecule has 0 amide bonds. The number of aromatic nitrogens is 1. The highest BCUT2D eigenvalue weighted by molar-refractivity contribution is 7.80. The fraction of sp³-hybridized carbons (Fsp3) is 0.273. The monoisotopic (exact) mass is 442 g/mol. The van der Waals surface area contributed by atoms with E-state index in [-0.39, 0.29) is 0 Å². The van der Waals surface area contributed by atoms with Crippen LogP contribution in [0.2, 0.25) is 5.02 Å². The molecule has 1 aliphatic rings. The molecule has 0 bridgehead atoms. The Bertz CT molecular complexity index is 935. The van der Waals surface area contributed by atoms with Crippen LogP contribution in [0.4, 0.5) is 5.13 Å². The first kappa shape index (κ1) is 20.1. The number of halogens is 1. The molecule has 0 unspecified atom stereocenters. The summed E-state index contributed by atoms with van der Waals surface area (Å²) < 4.78 is 0. The fourth-order valence-corrected chi connectivity index (χ4v) is 4.63. The molecule has 1 aromatic heterocycles. The Morgan fingerprint density at radius 3 is 2.48 bits per heavy atom. The van der Waals surface area contributed by atoms with Crippen LogP contribution in [-0.2, 0) is 6.42 Å². The van der Waals surface area contributed by atoms with Crippen molar-refractivity contribution < 1.29 is 0 Å². The van der Waals surface area contributed by atoms with E-state index in [0.29, 0.717) is 0 Å². The second kappa shape index (κ2) is 9.57. The molecule has 1 N–H and O–H groups in total. The van der Waals surface area contributed by atoms with Gasteiger partial charge in [0.15, 0.2) is 10.2 Å². The van der Waals surface area contributed by atoms with Crippen molar-refractivity contribution in [1.29, 1.82) is 0 Å². The van der Waals surface area contributed by atoms with Gasteiger partial charge < -0.3 is 15.1 Å². The van der Waals surface area contributed by atoms with Gasteiger partial charge in [-0.25, -0.2) is 4.98 Å². The predicted molar refractivity (Wildman–Crippen MR) is 127 cm³/mol. The van der Waals surface area contributed by atoms with Gasteiger partial charge in [-0.2, -0.15) is 0 Å². The third kappa shape index (κ3) is 5.26. The lowest BCUT2D eigenvalue weighted by Crippen LogP contribution is -2.52. The number of hydrogen-bond acceptors (Lipinski definition) is 4. The Labute approximate surface area is 186 Å². The summed E-state index contributed by atoms with van der Waals surface area (Å²) >= 11 is 13.3. The molecule has 2 heterocycles. The summed E-state index contributed by atoms with van der Waals surface area (Å²) in [5.74, 6) is 0. The first-order valence-corrected chi connectivity index (χ1v) is 11.4. The van der Waals surface area contributed by atoms with Gasteiger partial charge in [-0.15, -0.1) is 11.3 Å². The minimum Gasteiger partial charge on any atom is -0.362 e. The van der Waals surface area contributed by atoms with Crippen molar-refractivity contribution in [2.45, 2.75) is 6.42 Å². The average Bonchev–Trinajstić information content (AvgIpc) is 3.25. The fourth-order valence-electron chi connectivity index (χ4n) is 3.33. The summed E-state index contributed by atoms with van der Waals surface area (Å²) in [6.45, 7) is 4.53. The number of anilines is 1. The molecule has 0 atom stereocenters. The molecule has 0 aliphatic carbocycles. The second-order valence-electron chi connectivity index (χ2n) is 6.96. The minimum atomic E-state index is 0.744. The quantitative estimate of drug-likeness (QED) is 0.579. The number of nitrogens with one attached hydrogen (secondary N) is 1. The third-order valence-corrected chi connectivity index (χ3v) is 6.56. The standard InChI is InChI=1S/C22H23ClN4S2/c23-19-8-6-18(7-9-19)20-16-29-22(25-20)27-14-12-26(13-15-27)21(28)24-11-10-17-4-2-1-3-5-17/h1-9,16H,10-15H2,(H,24,28). The Kier molecular flexibility index (Phi) is 6.64. The summed E-state index contributed by atoms with van der Waals surface area (Å²) in [6.07, 6.45) is 0.980. The molecule has 29 heavy (non-hydrogen) atoms. The van der Waals surface area contributed by atoms with Crippen LogP contribution in [0.15, 0.2) is 60.0 Å². The van der Waals surface area contributed by atoms with E-state index in [4.69, 9.17) is 28.8 Å². The van der Waals surface area contributed by atoms with E-state index in [9.17, 15) is 0 Å². The third-order valence-electron chi connectivity index (χ3n) is 5.00. The van der Waals surface area contributed by atoms with Crippen molar-refractivity contribution in [2.75, 3.05) is 37.6 Å². The Hall–Kier alpha value is -2.15. The molecule has 1 saturated heterocycles. The molecule has 2 aromatic carbocycles. The first-order chi connectivity index (χ1) is 14.2. The van der Waals surface area contributed by atoms with Gasteiger partial charge in [0.1, 0.15) is 0 Å². The molecule has 1 aliphatic heterocycles. The zero-order valence-corrected chi connectivity index (χ0v) is 18.4. The molecule has 0 spiro atoms. The molecule has 4 nitrogen and oxygen atoms in total. The van der Waals surface area contributed by atoms with Crippen LogP contribution in [0.25, 0.3) is 11.3 Å². The number of rotatable bonds is 5. The van der Waals surface area contributed by atoms with Gasteiger partial charge in [0.2, 0.25) is 0 Å². The van der Waals surface area contributed by atoms with Crippen molar-refractivity contribution >= 4 is 45.4 Å². The summed E-state index contributed by atoms with van der Waals surface area (Å²) in [4.78, 5) is 9.42. The van der Waals surface area contributed by atoms with E-state index >= 15 is 0 Å². The summed E-state index contributed by atoms with van der Waals surface area (Å²) in [6, 6.07) is 18.3. The summed E-state index contributed by atoms with van der Waals surface area (Å²) in [7, 11) is 0. The van der Waals surface area contributed by atoms with Gasteiger partial charge in [0.25, 0.3) is 0 Å². The van der Waals surface area contributed by atoms with E-state index < -0.39 is 0 Å². The molecule has 4 rings (SSSR count). The zero-order chi connectivity index (χ0) is 20.1.